The number of nitrogens with zero attached hydrogens (tertiary/aromatic N) is 2. The lowest BCUT2D eigenvalue weighted by molar-refractivity contribution is -0.115. The van der Waals surface area contributed by atoms with Crippen LogP contribution in [0.3, 0.4) is 0 Å². The Morgan fingerprint density at radius 1 is 0.912 bits per heavy atom. The van der Waals surface area contributed by atoms with Crippen LogP contribution < -0.4 is 10.1 Å². The Bertz CT molecular complexity index is 1370. The van der Waals surface area contributed by atoms with Crippen molar-refractivity contribution >= 4 is 11.7 Å². The first kappa shape index (κ1) is 21.5. The predicted molar refractivity (Wildman–Crippen MR) is 129 cm³/mol. The normalized spacial score (nSPS) is 11.9. The van der Waals surface area contributed by atoms with Crippen LogP contribution in [0.25, 0.3) is 22.5 Å². The van der Waals surface area contributed by atoms with Crippen molar-refractivity contribution in [2.75, 3.05) is 12.4 Å². The summed E-state index contributed by atoms with van der Waals surface area (Å²) in [5.41, 5.74) is 5.77. The summed E-state index contributed by atoms with van der Waals surface area (Å²) < 4.78 is 5.37. The van der Waals surface area contributed by atoms with Crippen LogP contribution in [-0.2, 0) is 24.1 Å². The molecule has 0 atom stereocenters. The molecule has 7 heteroatoms. The molecule has 0 saturated heterocycles. The first-order valence-electron chi connectivity index (χ1n) is 11.0. The summed E-state index contributed by atoms with van der Waals surface area (Å²) in [6.07, 6.45) is 1.63. The molecule has 0 aliphatic heterocycles. The fraction of sp³-hybridized carbons (Fsp3) is 0.148. The fourth-order valence-corrected chi connectivity index (χ4v) is 4.13. The molecule has 0 saturated carbocycles. The van der Waals surface area contributed by atoms with E-state index < -0.39 is 0 Å². The average molecular weight is 453 g/mol. The Kier molecular flexibility index (Phi) is 5.59. The van der Waals surface area contributed by atoms with E-state index in [1.807, 2.05) is 18.2 Å². The standard InChI is InChI=1S/C27H23N3O4/c1-34-21-11-12-22-18(15-21)6-13-23-26(22)30-25(17-4-9-20(32)10-5-17)27(28-23)29-24(33)14-16-2-7-19(31)8-3-16/h2-5,7-12,15,31-32H,6,13-14H2,1H3,(H,28,29,33). The summed E-state index contributed by atoms with van der Waals surface area (Å²) in [5, 5.41) is 22.1. The number of aromatic nitrogens is 2. The Labute approximate surface area is 196 Å². The molecule has 0 fully saturated rings. The zero-order valence-corrected chi connectivity index (χ0v) is 18.6. The number of amides is 1. The van der Waals surface area contributed by atoms with Crippen LogP contribution in [-0.4, -0.2) is 33.2 Å². The van der Waals surface area contributed by atoms with Gasteiger partial charge in [0.05, 0.1) is 24.9 Å². The number of phenols is 2. The minimum Gasteiger partial charge on any atom is -0.508 e. The molecule has 34 heavy (non-hydrogen) atoms. The Balaban J connectivity index is 1.55. The topological polar surface area (TPSA) is 105 Å². The summed E-state index contributed by atoms with van der Waals surface area (Å²) in [4.78, 5) is 22.6. The van der Waals surface area contributed by atoms with Crippen LogP contribution in [0.1, 0.15) is 16.8 Å². The molecule has 170 valence electrons. The van der Waals surface area contributed by atoms with Crippen molar-refractivity contribution in [3.8, 4) is 39.8 Å². The van der Waals surface area contributed by atoms with E-state index in [9.17, 15) is 15.0 Å². The molecule has 3 aromatic carbocycles. The van der Waals surface area contributed by atoms with Gasteiger partial charge in [-0.05, 0) is 78.6 Å². The number of nitrogens with one attached hydrogen (secondary N) is 1. The fourth-order valence-electron chi connectivity index (χ4n) is 4.13. The van der Waals surface area contributed by atoms with Crippen LogP contribution in [0.4, 0.5) is 5.82 Å². The molecule has 1 amide bonds. The summed E-state index contributed by atoms with van der Waals surface area (Å²) in [7, 11) is 1.65. The molecule has 0 unspecified atom stereocenters. The molecule has 1 aromatic heterocycles. The van der Waals surface area contributed by atoms with Gasteiger partial charge in [-0.25, -0.2) is 9.97 Å². The molecule has 3 N–H and O–H groups in total. The summed E-state index contributed by atoms with van der Waals surface area (Å²) >= 11 is 0. The van der Waals surface area contributed by atoms with Crippen molar-refractivity contribution in [3.05, 3.63) is 83.6 Å². The van der Waals surface area contributed by atoms with Crippen molar-refractivity contribution < 1.29 is 19.7 Å². The number of rotatable bonds is 5. The maximum atomic E-state index is 12.8. The lowest BCUT2D eigenvalue weighted by Crippen LogP contribution is -2.18. The second-order valence-corrected chi connectivity index (χ2v) is 8.18. The molecule has 0 bridgehead atoms. The van der Waals surface area contributed by atoms with E-state index in [0.29, 0.717) is 17.9 Å². The van der Waals surface area contributed by atoms with Gasteiger partial charge >= 0.3 is 0 Å². The molecule has 1 aliphatic carbocycles. The van der Waals surface area contributed by atoms with Gasteiger partial charge in [-0.15, -0.1) is 0 Å². The van der Waals surface area contributed by atoms with Gasteiger partial charge in [-0.3, -0.25) is 4.79 Å². The van der Waals surface area contributed by atoms with Gasteiger partial charge < -0.3 is 20.3 Å². The highest BCUT2D eigenvalue weighted by atomic mass is 16.5. The van der Waals surface area contributed by atoms with Crippen molar-refractivity contribution in [3.63, 3.8) is 0 Å². The van der Waals surface area contributed by atoms with Crippen molar-refractivity contribution in [1.29, 1.82) is 0 Å². The number of anilines is 1. The first-order valence-corrected chi connectivity index (χ1v) is 11.0. The number of carbonyl (C=O) groups is 1. The van der Waals surface area contributed by atoms with Crippen molar-refractivity contribution in [2.24, 2.45) is 0 Å². The number of aromatic hydroxyl groups is 2. The zero-order chi connectivity index (χ0) is 23.7. The van der Waals surface area contributed by atoms with Crippen LogP contribution in [0.2, 0.25) is 0 Å². The zero-order valence-electron chi connectivity index (χ0n) is 18.6. The van der Waals surface area contributed by atoms with Gasteiger partial charge in [0.1, 0.15) is 22.9 Å². The van der Waals surface area contributed by atoms with Crippen molar-refractivity contribution in [1.82, 2.24) is 9.97 Å². The molecule has 7 nitrogen and oxygen atoms in total. The average Bonchev–Trinajstić information content (AvgIpc) is 2.85. The summed E-state index contributed by atoms with van der Waals surface area (Å²) in [6.45, 7) is 0. The molecule has 5 rings (SSSR count). The van der Waals surface area contributed by atoms with E-state index >= 15 is 0 Å². The first-order chi connectivity index (χ1) is 16.5. The quantitative estimate of drug-likeness (QED) is 0.411. The third kappa shape index (κ3) is 4.28. The molecular weight excluding hydrogens is 430 g/mol. The molecule has 1 aliphatic rings. The number of ether oxygens (including phenoxy) is 1. The lowest BCUT2D eigenvalue weighted by atomic mass is 9.91. The van der Waals surface area contributed by atoms with E-state index in [4.69, 9.17) is 14.7 Å². The number of methoxy groups -OCH3 is 1. The highest BCUT2D eigenvalue weighted by Gasteiger charge is 2.23. The number of aryl methyl sites for hydroxylation is 2. The molecular formula is C27H23N3O4. The maximum Gasteiger partial charge on any atom is 0.230 e. The Hall–Kier alpha value is -4.39. The number of benzene rings is 3. The smallest absolute Gasteiger partial charge is 0.230 e. The molecule has 0 radical (unpaired) electrons. The molecule has 0 spiro atoms. The Morgan fingerprint density at radius 3 is 2.32 bits per heavy atom. The maximum absolute atomic E-state index is 12.8. The number of carbonyl (C=O) groups excluding carboxylic acids is 1. The molecule has 4 aromatic rings. The van der Waals surface area contributed by atoms with Crippen molar-refractivity contribution in [2.45, 2.75) is 19.3 Å². The second-order valence-electron chi connectivity index (χ2n) is 8.18. The highest BCUT2D eigenvalue weighted by molar-refractivity contribution is 5.95. The third-order valence-corrected chi connectivity index (χ3v) is 5.87. The number of hydrogen-bond acceptors (Lipinski definition) is 6. The highest BCUT2D eigenvalue weighted by Crippen LogP contribution is 2.37. The van der Waals surface area contributed by atoms with Crippen LogP contribution in [0.15, 0.2) is 66.7 Å². The van der Waals surface area contributed by atoms with Gasteiger partial charge in [0.2, 0.25) is 5.91 Å². The van der Waals surface area contributed by atoms with Crippen LogP contribution in [0.5, 0.6) is 17.2 Å². The van der Waals surface area contributed by atoms with E-state index in [0.717, 1.165) is 45.8 Å². The second kappa shape index (κ2) is 8.86. The van der Waals surface area contributed by atoms with Crippen LogP contribution >= 0.6 is 0 Å². The van der Waals surface area contributed by atoms with E-state index in [2.05, 4.69) is 5.32 Å². The summed E-state index contributed by atoms with van der Waals surface area (Å²) in [5.74, 6) is 1.24. The van der Waals surface area contributed by atoms with Crippen LogP contribution in [0, 0.1) is 0 Å². The summed E-state index contributed by atoms with van der Waals surface area (Å²) in [6, 6.07) is 19.1. The van der Waals surface area contributed by atoms with E-state index in [1.54, 1.807) is 55.6 Å². The molecule has 1 heterocycles. The number of fused-ring (bicyclic) bond motifs is 3. The van der Waals surface area contributed by atoms with E-state index in [-0.39, 0.29) is 23.8 Å². The SMILES string of the molecule is COc1ccc2c(c1)CCc1nc(NC(=O)Cc3ccc(O)cc3)c(-c3ccc(O)cc3)nc1-2. The Morgan fingerprint density at radius 2 is 1.62 bits per heavy atom. The number of phenolic OH excluding ortho intramolecular Hbond substituents is 2. The third-order valence-electron chi connectivity index (χ3n) is 5.87. The van der Waals surface area contributed by atoms with Gasteiger partial charge in [0, 0.05) is 11.1 Å². The lowest BCUT2D eigenvalue weighted by Gasteiger charge is -2.21. The van der Waals surface area contributed by atoms with E-state index in [1.165, 1.54) is 0 Å². The minimum absolute atomic E-state index is 0.136. The minimum atomic E-state index is -0.235. The van der Waals surface area contributed by atoms with Gasteiger partial charge in [-0.2, -0.15) is 0 Å². The van der Waals surface area contributed by atoms with Gasteiger partial charge in [-0.1, -0.05) is 12.1 Å². The van der Waals surface area contributed by atoms with Gasteiger partial charge in [0.25, 0.3) is 0 Å². The number of hydrogen-bond donors (Lipinski definition) is 3. The predicted octanol–water partition coefficient (Wildman–Crippen LogP) is 4.51. The largest absolute Gasteiger partial charge is 0.508 e. The van der Waals surface area contributed by atoms with Gasteiger partial charge in [0.15, 0.2) is 5.82 Å². The monoisotopic (exact) mass is 453 g/mol.